The van der Waals surface area contributed by atoms with Crippen molar-refractivity contribution >= 4 is 0 Å². The zero-order valence-corrected chi connectivity index (χ0v) is 36.5. The van der Waals surface area contributed by atoms with Crippen LogP contribution in [0.15, 0.2) is 0 Å². The number of rotatable bonds is 3. The molecule has 11 fully saturated rings. The van der Waals surface area contributed by atoms with Gasteiger partial charge in [0.1, 0.15) is 5.60 Å². The van der Waals surface area contributed by atoms with E-state index in [2.05, 4.69) is 41.5 Å². The highest BCUT2D eigenvalue weighted by Crippen LogP contribution is 2.75. The first kappa shape index (κ1) is 41.6. The Kier molecular flexibility index (Phi) is 9.70. The highest BCUT2D eigenvalue weighted by atomic mass is 16.7. The molecule has 3 saturated heterocycles. The molecule has 0 radical (unpaired) electrons. The van der Waals surface area contributed by atoms with Crippen molar-refractivity contribution < 1.29 is 54.0 Å². The van der Waals surface area contributed by atoms with Crippen molar-refractivity contribution in [2.45, 2.75) is 191 Å². The first-order chi connectivity index (χ1) is 27.3. The van der Waals surface area contributed by atoms with E-state index in [1.165, 1.54) is 6.42 Å². The minimum atomic E-state index is -1.10. The van der Waals surface area contributed by atoms with Gasteiger partial charge in [0, 0.05) is 42.6 Å². The topological polar surface area (TPSA) is 160 Å². The molecule has 0 aromatic carbocycles. The summed E-state index contributed by atoms with van der Waals surface area (Å²) in [5.41, 5.74) is -1.75. The van der Waals surface area contributed by atoms with Gasteiger partial charge in [-0.15, -0.1) is 0 Å². The van der Waals surface area contributed by atoms with E-state index in [4.69, 9.17) is 28.4 Å². The summed E-state index contributed by atoms with van der Waals surface area (Å²) in [6.07, 6.45) is 10.6. The van der Waals surface area contributed by atoms with Gasteiger partial charge in [0.2, 0.25) is 0 Å². The summed E-state index contributed by atoms with van der Waals surface area (Å²) in [4.78, 5) is 0. The Hall–Kier alpha value is -0.440. The van der Waals surface area contributed by atoms with Crippen molar-refractivity contribution in [2.75, 3.05) is 33.5 Å². The fourth-order valence-electron chi connectivity index (χ4n) is 18.6. The zero-order valence-electron chi connectivity index (χ0n) is 36.5. The van der Waals surface area contributed by atoms with Gasteiger partial charge < -0.3 is 54.0 Å². The van der Waals surface area contributed by atoms with Crippen molar-refractivity contribution in [3.63, 3.8) is 0 Å². The van der Waals surface area contributed by atoms with Crippen LogP contribution >= 0.6 is 0 Å². The number of aliphatic hydroxyl groups excluding tert-OH is 4. The second kappa shape index (κ2) is 13.5. The van der Waals surface area contributed by atoms with E-state index >= 15 is 0 Å². The Morgan fingerprint density at radius 1 is 0.552 bits per heavy atom. The minimum absolute atomic E-state index is 0.0110. The number of ether oxygens (including phenoxy) is 6. The molecule has 8 saturated carbocycles. The zero-order chi connectivity index (χ0) is 41.1. The first-order valence-electron chi connectivity index (χ1n) is 23.5. The van der Waals surface area contributed by atoms with E-state index < -0.39 is 34.8 Å². The van der Waals surface area contributed by atoms with E-state index in [0.717, 1.165) is 70.6 Å². The van der Waals surface area contributed by atoms with E-state index in [9.17, 15) is 25.5 Å². The standard InChI is InChI=1S/C24H40O6.C23H36O5/c1-21-13-17(26)20-15(16(21)5-6-18(21)23(3)29-9-10-30-23)11-19(28-4)24(27)12-14(25)7-8-22(20,24)2;1-20-12-16(25)19-14(15(20)4-5-17(20)22(3)26-8-9-27-22)10-18-23(28-18)11-13(24)6-7-21(19,23)2/h14-20,25-27H,5-13H2,1-4H3;13-19,24-25H,4-12H2,1-3H3/t14-,15?,16?,17-,18-,19+,20?,21-,22+,24-;13-,14?,15?,16-,17-,18?,19?,20-,21+,23?/m00/s1. The van der Waals surface area contributed by atoms with Crippen LogP contribution in [0.4, 0.5) is 0 Å². The van der Waals surface area contributed by atoms with Crippen LogP contribution in [-0.4, -0.2) is 118 Å². The second-order valence-electron chi connectivity index (χ2n) is 23.1. The Balaban J connectivity index is 0.000000141. The van der Waals surface area contributed by atoms with Gasteiger partial charge in [-0.25, -0.2) is 0 Å². The lowest BCUT2D eigenvalue weighted by Crippen LogP contribution is -2.71. The molecular weight excluding hydrogens is 741 g/mol. The van der Waals surface area contributed by atoms with Crippen LogP contribution in [0.1, 0.15) is 131 Å². The molecule has 0 aromatic rings. The van der Waals surface area contributed by atoms with Crippen molar-refractivity contribution in [3.05, 3.63) is 0 Å². The Labute approximate surface area is 346 Å². The SMILES string of the molecule is CC1([C@H]2CCC3C4CC5OC56C[C@@H](O)CC[C@]6(C)C4[C@@H](O)C[C@@]32C)OCCO1.CO[C@@H]1CC2C3CC[C@H](C4(C)OCCO4)[C@@]3(C)C[C@H](O)C2[C@@]2(C)CC[C@H](O)C[C@]12O. The van der Waals surface area contributed by atoms with E-state index in [0.29, 0.717) is 68.9 Å². The summed E-state index contributed by atoms with van der Waals surface area (Å²) in [5.74, 6) is 1.70. The molecule has 330 valence electrons. The summed E-state index contributed by atoms with van der Waals surface area (Å²) in [6, 6.07) is 0. The summed E-state index contributed by atoms with van der Waals surface area (Å²) < 4.78 is 36.7. The van der Waals surface area contributed by atoms with E-state index in [1.54, 1.807) is 7.11 Å². The van der Waals surface area contributed by atoms with Gasteiger partial charge in [0.25, 0.3) is 0 Å². The van der Waals surface area contributed by atoms with Gasteiger partial charge in [-0.2, -0.15) is 0 Å². The predicted molar refractivity (Wildman–Crippen MR) is 213 cm³/mol. The third-order valence-electron chi connectivity index (χ3n) is 21.0. The van der Waals surface area contributed by atoms with Gasteiger partial charge in [-0.3, -0.25) is 0 Å². The van der Waals surface area contributed by atoms with Gasteiger partial charge in [-0.1, -0.05) is 27.7 Å². The number of hydrogen-bond acceptors (Lipinski definition) is 11. The number of methoxy groups -OCH3 is 1. The smallest absolute Gasteiger partial charge is 0.169 e. The lowest BCUT2D eigenvalue weighted by Gasteiger charge is -2.67. The van der Waals surface area contributed by atoms with Gasteiger partial charge in [0.15, 0.2) is 11.6 Å². The number of fused-ring (bicyclic) bond motifs is 9. The van der Waals surface area contributed by atoms with E-state index in [-0.39, 0.29) is 64.0 Å². The molecule has 5 N–H and O–H groups in total. The van der Waals surface area contributed by atoms with Crippen molar-refractivity contribution in [3.8, 4) is 0 Å². The quantitative estimate of drug-likeness (QED) is 0.234. The average Bonchev–Trinajstić information content (AvgIpc) is 3.60. The maximum absolute atomic E-state index is 11.9. The highest BCUT2D eigenvalue weighted by molar-refractivity contribution is 5.26. The molecule has 58 heavy (non-hydrogen) atoms. The summed E-state index contributed by atoms with van der Waals surface area (Å²) in [5, 5.41) is 55.7. The Morgan fingerprint density at radius 3 is 1.53 bits per heavy atom. The predicted octanol–water partition coefficient (Wildman–Crippen LogP) is 5.35. The maximum atomic E-state index is 11.9. The summed E-state index contributed by atoms with van der Waals surface area (Å²) >= 11 is 0. The van der Waals surface area contributed by atoms with Crippen LogP contribution < -0.4 is 0 Å². The van der Waals surface area contributed by atoms with Gasteiger partial charge >= 0.3 is 0 Å². The largest absolute Gasteiger partial charge is 0.393 e. The normalized spacial score (nSPS) is 59.6. The molecule has 0 aromatic heterocycles. The molecule has 11 heteroatoms. The molecule has 11 rings (SSSR count). The van der Waals surface area contributed by atoms with Crippen LogP contribution in [0.25, 0.3) is 0 Å². The number of hydrogen-bond donors (Lipinski definition) is 5. The Bertz CT molecular complexity index is 1580. The van der Waals surface area contributed by atoms with Crippen LogP contribution in [0.3, 0.4) is 0 Å². The van der Waals surface area contributed by atoms with Gasteiger partial charge in [0.05, 0.1) is 68.7 Å². The molecule has 11 nitrogen and oxygen atoms in total. The first-order valence-corrected chi connectivity index (χ1v) is 23.5. The average molecular weight is 817 g/mol. The van der Waals surface area contributed by atoms with Gasteiger partial charge in [-0.05, 0) is 137 Å². The fraction of sp³-hybridized carbons (Fsp3) is 1.00. The summed E-state index contributed by atoms with van der Waals surface area (Å²) in [7, 11) is 1.68. The van der Waals surface area contributed by atoms with E-state index in [1.807, 2.05) is 0 Å². The minimum Gasteiger partial charge on any atom is -0.393 e. The molecule has 8 aliphatic carbocycles. The van der Waals surface area contributed by atoms with Crippen molar-refractivity contribution in [2.24, 2.45) is 69.0 Å². The van der Waals surface area contributed by atoms with Crippen LogP contribution in [0, 0.1) is 69.0 Å². The maximum Gasteiger partial charge on any atom is 0.169 e. The molecule has 1 spiro atoms. The molecule has 11 aliphatic rings. The number of epoxide rings is 1. The van der Waals surface area contributed by atoms with Crippen LogP contribution in [0.5, 0.6) is 0 Å². The van der Waals surface area contributed by atoms with Crippen LogP contribution in [-0.2, 0) is 28.4 Å². The highest BCUT2D eigenvalue weighted by Gasteiger charge is 2.78. The second-order valence-corrected chi connectivity index (χ2v) is 23.1. The summed E-state index contributed by atoms with van der Waals surface area (Å²) in [6.45, 7) is 16.1. The third-order valence-corrected chi connectivity index (χ3v) is 21.0. The van der Waals surface area contributed by atoms with Crippen LogP contribution in [0.2, 0.25) is 0 Å². The molecular formula is C47H76O11. The molecule has 8 unspecified atom stereocenters. The fourth-order valence-corrected chi connectivity index (χ4v) is 18.6. The monoisotopic (exact) mass is 817 g/mol. The lowest BCUT2D eigenvalue weighted by atomic mass is 9.41. The number of aliphatic hydroxyl groups is 5. The molecule has 20 atom stereocenters. The van der Waals surface area contributed by atoms with Crippen molar-refractivity contribution in [1.82, 2.24) is 0 Å². The molecule has 0 bridgehead atoms. The lowest BCUT2D eigenvalue weighted by molar-refractivity contribution is -0.293. The Morgan fingerprint density at radius 2 is 1.02 bits per heavy atom. The molecule has 3 aliphatic heterocycles. The molecule has 3 heterocycles. The third kappa shape index (κ3) is 5.43. The van der Waals surface area contributed by atoms with Crippen molar-refractivity contribution in [1.29, 1.82) is 0 Å². The molecule has 0 amide bonds.